The lowest BCUT2D eigenvalue weighted by atomic mass is 10.3. The van der Waals surface area contributed by atoms with Gasteiger partial charge in [-0.2, -0.15) is 4.31 Å². The molecule has 3 rings (SSSR count). The first-order chi connectivity index (χ1) is 11.2. The minimum Gasteiger partial charge on any atom is -0.298 e. The fraction of sp³-hybridized carbons (Fsp3) is 0.385. The Balaban J connectivity index is 1.90. The minimum atomic E-state index is -3.51. The lowest BCUT2D eigenvalue weighted by molar-refractivity contribution is -0.115. The van der Waals surface area contributed by atoms with Gasteiger partial charge >= 0.3 is 0 Å². The summed E-state index contributed by atoms with van der Waals surface area (Å²) in [7, 11) is -3.51. The highest BCUT2D eigenvalue weighted by molar-refractivity contribution is 7.89. The van der Waals surface area contributed by atoms with E-state index in [4.69, 9.17) is 34.8 Å². The van der Waals surface area contributed by atoms with Gasteiger partial charge in [-0.25, -0.2) is 13.4 Å². The molecule has 24 heavy (non-hydrogen) atoms. The number of aromatic nitrogens is 1. The fourth-order valence-corrected chi connectivity index (χ4v) is 5.02. The number of amides is 1. The molecular formula is C13H12Cl3N3O3S2. The van der Waals surface area contributed by atoms with Gasteiger partial charge in [0.15, 0.2) is 5.13 Å². The molecule has 1 aliphatic heterocycles. The van der Waals surface area contributed by atoms with E-state index >= 15 is 0 Å². The molecule has 1 N–H and O–H groups in total. The predicted octanol–water partition coefficient (Wildman–Crippen LogP) is 3.39. The number of halogens is 3. The van der Waals surface area contributed by atoms with Gasteiger partial charge in [-0.05, 0) is 31.0 Å². The van der Waals surface area contributed by atoms with Gasteiger partial charge in [0, 0.05) is 13.1 Å². The molecule has 1 amide bonds. The van der Waals surface area contributed by atoms with Crippen LogP contribution in [0.15, 0.2) is 23.1 Å². The second kappa shape index (κ2) is 6.59. The molecule has 0 atom stereocenters. The molecule has 1 aliphatic rings. The van der Waals surface area contributed by atoms with E-state index in [-0.39, 0.29) is 10.0 Å². The molecule has 11 heteroatoms. The van der Waals surface area contributed by atoms with Gasteiger partial charge in [0.25, 0.3) is 9.70 Å². The number of hydrogen-bond donors (Lipinski definition) is 1. The van der Waals surface area contributed by atoms with Crippen molar-refractivity contribution >= 4 is 77.4 Å². The van der Waals surface area contributed by atoms with Crippen LogP contribution in [-0.4, -0.2) is 40.5 Å². The number of hydrogen-bond acceptors (Lipinski definition) is 5. The molecule has 0 radical (unpaired) electrons. The summed E-state index contributed by atoms with van der Waals surface area (Å²) in [6.45, 7) is 1.07. The Hall–Kier alpha value is -0.640. The zero-order valence-corrected chi connectivity index (χ0v) is 16.0. The van der Waals surface area contributed by atoms with Crippen LogP contribution < -0.4 is 5.32 Å². The van der Waals surface area contributed by atoms with Gasteiger partial charge in [-0.15, -0.1) is 0 Å². The summed E-state index contributed by atoms with van der Waals surface area (Å²) in [4.78, 5) is 16.1. The van der Waals surface area contributed by atoms with Crippen LogP contribution in [0.2, 0.25) is 0 Å². The van der Waals surface area contributed by atoms with E-state index in [2.05, 4.69) is 10.3 Å². The number of rotatable bonds is 3. The number of thiazole rings is 1. The molecule has 1 aromatic heterocycles. The van der Waals surface area contributed by atoms with Crippen molar-refractivity contribution in [3.63, 3.8) is 0 Å². The number of fused-ring (bicyclic) bond motifs is 1. The highest BCUT2D eigenvalue weighted by Crippen LogP contribution is 2.32. The number of carbonyl (C=O) groups is 1. The standard InChI is InChI=1S/C13H12Cl3N3O3S2/c14-13(15,16)11(20)18-12-17-9-4-3-8(7-10(9)23-12)24(21,22)19-5-1-2-6-19/h3-4,7H,1-2,5-6H2,(H,17,18,20). The topological polar surface area (TPSA) is 79.4 Å². The molecule has 0 aliphatic carbocycles. The van der Waals surface area contributed by atoms with Crippen molar-refractivity contribution in [2.75, 3.05) is 18.4 Å². The third-order valence-electron chi connectivity index (χ3n) is 3.54. The number of carbonyl (C=O) groups excluding carboxylic acids is 1. The predicted molar refractivity (Wildman–Crippen MR) is 96.5 cm³/mol. The normalized spacial score (nSPS) is 16.6. The largest absolute Gasteiger partial charge is 0.298 e. The van der Waals surface area contributed by atoms with Crippen molar-refractivity contribution in [1.29, 1.82) is 0 Å². The number of sulfonamides is 1. The summed E-state index contributed by atoms with van der Waals surface area (Å²) in [5.74, 6) is -0.823. The maximum Gasteiger partial charge on any atom is 0.278 e. The quantitative estimate of drug-likeness (QED) is 0.760. The Labute approximate surface area is 157 Å². The van der Waals surface area contributed by atoms with Crippen LogP contribution in [0.5, 0.6) is 0 Å². The van der Waals surface area contributed by atoms with Gasteiger partial charge in [-0.3, -0.25) is 10.1 Å². The Morgan fingerprint density at radius 3 is 2.54 bits per heavy atom. The first-order valence-corrected chi connectivity index (χ1v) is 10.4. The maximum atomic E-state index is 12.6. The van der Waals surface area contributed by atoms with Crippen molar-refractivity contribution in [3.8, 4) is 0 Å². The molecule has 0 bridgehead atoms. The van der Waals surface area contributed by atoms with E-state index in [0.29, 0.717) is 23.3 Å². The van der Waals surface area contributed by atoms with Crippen molar-refractivity contribution in [2.45, 2.75) is 21.5 Å². The van der Waals surface area contributed by atoms with Gasteiger partial charge in [0.05, 0.1) is 15.1 Å². The summed E-state index contributed by atoms with van der Waals surface area (Å²) in [5.41, 5.74) is 0.556. The van der Waals surface area contributed by atoms with Gasteiger partial charge in [-0.1, -0.05) is 46.1 Å². The molecule has 130 valence electrons. The number of anilines is 1. The molecule has 2 heterocycles. The van der Waals surface area contributed by atoms with Crippen LogP contribution in [0.25, 0.3) is 10.2 Å². The van der Waals surface area contributed by atoms with Crippen LogP contribution in [-0.2, 0) is 14.8 Å². The monoisotopic (exact) mass is 427 g/mol. The molecular weight excluding hydrogens is 417 g/mol. The van der Waals surface area contributed by atoms with E-state index in [1.165, 1.54) is 10.4 Å². The van der Waals surface area contributed by atoms with E-state index < -0.39 is 19.7 Å². The highest BCUT2D eigenvalue weighted by Gasteiger charge is 2.31. The van der Waals surface area contributed by atoms with Crippen LogP contribution in [0.3, 0.4) is 0 Å². The van der Waals surface area contributed by atoms with Crippen molar-refractivity contribution in [2.24, 2.45) is 0 Å². The molecule has 6 nitrogen and oxygen atoms in total. The first kappa shape index (κ1) is 18.2. The molecule has 1 fully saturated rings. The van der Waals surface area contributed by atoms with Crippen LogP contribution in [0.4, 0.5) is 5.13 Å². The highest BCUT2D eigenvalue weighted by atomic mass is 35.6. The number of alkyl halides is 3. The fourth-order valence-electron chi connectivity index (χ4n) is 2.36. The molecule has 0 saturated carbocycles. The maximum absolute atomic E-state index is 12.6. The average molecular weight is 429 g/mol. The van der Waals surface area contributed by atoms with Gasteiger partial charge < -0.3 is 0 Å². The second-order valence-corrected chi connectivity index (χ2v) is 10.5. The SMILES string of the molecule is O=C(Nc1nc2ccc(S(=O)(=O)N3CCCC3)cc2s1)C(Cl)(Cl)Cl. The smallest absolute Gasteiger partial charge is 0.278 e. The number of nitrogens with zero attached hydrogens (tertiary/aromatic N) is 2. The Bertz CT molecular complexity index is 887. The van der Waals surface area contributed by atoms with E-state index in [1.807, 2.05) is 0 Å². The van der Waals surface area contributed by atoms with Crippen molar-refractivity contribution in [1.82, 2.24) is 9.29 Å². The van der Waals surface area contributed by atoms with Gasteiger partial charge in [0.2, 0.25) is 10.0 Å². The molecule has 1 saturated heterocycles. The Morgan fingerprint density at radius 2 is 1.92 bits per heavy atom. The molecule has 2 aromatic rings. The Morgan fingerprint density at radius 1 is 1.25 bits per heavy atom. The second-order valence-electron chi connectivity index (χ2n) is 5.21. The zero-order valence-electron chi connectivity index (χ0n) is 12.1. The molecule has 0 unspecified atom stereocenters. The minimum absolute atomic E-state index is 0.208. The summed E-state index contributed by atoms with van der Waals surface area (Å²) < 4.78 is 25.2. The summed E-state index contributed by atoms with van der Waals surface area (Å²) in [6.07, 6.45) is 1.74. The van der Waals surface area contributed by atoms with Crippen LogP contribution >= 0.6 is 46.1 Å². The third kappa shape index (κ3) is 3.63. The van der Waals surface area contributed by atoms with Crippen molar-refractivity contribution < 1.29 is 13.2 Å². The molecule has 0 spiro atoms. The Kier molecular flexibility index (Phi) is 4.98. The summed E-state index contributed by atoms with van der Waals surface area (Å²) in [5, 5.41) is 2.63. The van der Waals surface area contributed by atoms with E-state index in [0.717, 1.165) is 24.2 Å². The zero-order chi connectivity index (χ0) is 17.5. The number of benzene rings is 1. The lowest BCUT2D eigenvalue weighted by Crippen LogP contribution is -2.27. The first-order valence-electron chi connectivity index (χ1n) is 6.97. The van der Waals surface area contributed by atoms with E-state index in [9.17, 15) is 13.2 Å². The third-order valence-corrected chi connectivity index (χ3v) is 6.88. The summed E-state index contributed by atoms with van der Waals surface area (Å²) >= 11 is 17.6. The van der Waals surface area contributed by atoms with Crippen molar-refractivity contribution in [3.05, 3.63) is 18.2 Å². The van der Waals surface area contributed by atoms with Crippen LogP contribution in [0, 0.1) is 0 Å². The lowest BCUT2D eigenvalue weighted by Gasteiger charge is -2.15. The number of nitrogens with one attached hydrogen (secondary N) is 1. The molecule has 1 aromatic carbocycles. The summed E-state index contributed by atoms with van der Waals surface area (Å²) in [6, 6.07) is 4.65. The average Bonchev–Trinajstić information content (AvgIpc) is 3.14. The van der Waals surface area contributed by atoms with E-state index in [1.54, 1.807) is 12.1 Å². The van der Waals surface area contributed by atoms with Crippen LogP contribution in [0.1, 0.15) is 12.8 Å². The van der Waals surface area contributed by atoms with Gasteiger partial charge in [0.1, 0.15) is 0 Å².